The van der Waals surface area contributed by atoms with Crippen molar-refractivity contribution >= 4 is 5.82 Å². The lowest BCUT2D eigenvalue weighted by Gasteiger charge is -2.43. The van der Waals surface area contributed by atoms with Gasteiger partial charge in [0.15, 0.2) is 0 Å². The molecule has 2 heterocycles. The summed E-state index contributed by atoms with van der Waals surface area (Å²) >= 11 is 0. The molecule has 230 valence electrons. The van der Waals surface area contributed by atoms with E-state index in [4.69, 9.17) is 19.2 Å². The zero-order valence-corrected chi connectivity index (χ0v) is 27.4. The highest BCUT2D eigenvalue weighted by Crippen LogP contribution is 2.32. The molecule has 3 rings (SSSR count). The molecule has 7 heteroatoms. The molecule has 0 radical (unpaired) electrons. The molecule has 2 aliphatic rings. The Labute approximate surface area is 245 Å². The minimum absolute atomic E-state index is 0.0546. The molecule has 0 atom stereocenters. The molecule has 1 aliphatic heterocycles. The molecule has 2 fully saturated rings. The van der Waals surface area contributed by atoms with E-state index in [1.54, 1.807) is 0 Å². The van der Waals surface area contributed by atoms with E-state index < -0.39 is 0 Å². The fraction of sp³-hybridized carbons (Fsp3) is 0.848. The van der Waals surface area contributed by atoms with Gasteiger partial charge in [0.2, 0.25) is 0 Å². The highest BCUT2D eigenvalue weighted by molar-refractivity contribution is 5.44. The molecule has 7 nitrogen and oxygen atoms in total. The van der Waals surface area contributed by atoms with Crippen molar-refractivity contribution in [3.05, 3.63) is 23.9 Å². The van der Waals surface area contributed by atoms with Crippen molar-refractivity contribution in [3.63, 3.8) is 0 Å². The highest BCUT2D eigenvalue weighted by Gasteiger charge is 2.32. The van der Waals surface area contributed by atoms with E-state index in [0.717, 1.165) is 64.3 Å². The van der Waals surface area contributed by atoms with Gasteiger partial charge < -0.3 is 29.7 Å². The van der Waals surface area contributed by atoms with Crippen molar-refractivity contribution in [3.8, 4) is 0 Å². The Kier molecular flexibility index (Phi) is 11.5. The minimum Gasteiger partial charge on any atom is -0.379 e. The maximum Gasteiger partial charge on any atom is 0.128 e. The van der Waals surface area contributed by atoms with E-state index in [1.807, 2.05) is 0 Å². The van der Waals surface area contributed by atoms with Gasteiger partial charge in [0.05, 0.1) is 38.6 Å². The van der Waals surface area contributed by atoms with E-state index in [1.165, 1.54) is 5.56 Å². The van der Waals surface area contributed by atoms with Crippen molar-refractivity contribution < 1.29 is 14.2 Å². The first-order chi connectivity index (χ1) is 18.5. The lowest BCUT2D eigenvalue weighted by Crippen LogP contribution is -2.62. The van der Waals surface area contributed by atoms with Crippen molar-refractivity contribution in [2.45, 2.75) is 130 Å². The van der Waals surface area contributed by atoms with Crippen LogP contribution in [-0.2, 0) is 19.6 Å². The second kappa shape index (κ2) is 13.8. The predicted octanol–water partition coefficient (Wildman–Crippen LogP) is 5.71. The van der Waals surface area contributed by atoms with Gasteiger partial charge in [-0.3, -0.25) is 0 Å². The number of rotatable bonds is 16. The van der Waals surface area contributed by atoms with Crippen LogP contribution in [0.3, 0.4) is 0 Å². The number of pyridine rings is 1. The van der Waals surface area contributed by atoms with Crippen LogP contribution in [0.5, 0.6) is 0 Å². The summed E-state index contributed by atoms with van der Waals surface area (Å²) in [5.74, 6) is 1.09. The van der Waals surface area contributed by atoms with E-state index >= 15 is 0 Å². The summed E-state index contributed by atoms with van der Waals surface area (Å²) in [6.45, 7) is 28.3. The number of hydrogen-bond donors (Lipinski definition) is 2. The standard InChI is InChI=1S/C33H60N4O3/c1-30(2,3)24-38-17-18-40-28-19-27(20-28)39-16-15-35-33(9,10)14-13-32(7,8)25-11-12-29(34-21-25)37-22-26(23-37)36-31(4,5)6/h11-12,21,26-28,35-36H,13-20,22-24H2,1-10H3. The first-order valence-electron chi connectivity index (χ1n) is 15.6. The summed E-state index contributed by atoms with van der Waals surface area (Å²) in [6.07, 6.45) is 6.92. The average Bonchev–Trinajstić information content (AvgIpc) is 2.78. The first-order valence-corrected chi connectivity index (χ1v) is 15.6. The van der Waals surface area contributed by atoms with E-state index in [-0.39, 0.29) is 21.9 Å². The normalized spacial score (nSPS) is 20.9. The summed E-state index contributed by atoms with van der Waals surface area (Å²) < 4.78 is 17.7. The average molecular weight is 561 g/mol. The topological polar surface area (TPSA) is 67.9 Å². The molecule has 1 saturated carbocycles. The summed E-state index contributed by atoms with van der Waals surface area (Å²) in [5.41, 5.74) is 1.80. The number of nitrogens with one attached hydrogen (secondary N) is 2. The SMILES string of the molecule is CC(C)(C)COCCOC1CC(OCCNC(C)(C)CCC(C)(C)c2ccc(N3CC(NC(C)(C)C)C3)nc2)C1. The van der Waals surface area contributed by atoms with E-state index in [0.29, 0.717) is 31.5 Å². The van der Waals surface area contributed by atoms with Crippen LogP contribution < -0.4 is 15.5 Å². The number of ether oxygens (including phenoxy) is 3. The maximum atomic E-state index is 6.08. The Balaban J connectivity index is 1.27. The number of nitrogens with zero attached hydrogens (tertiary/aromatic N) is 2. The Morgan fingerprint density at radius 3 is 2.08 bits per heavy atom. The molecule has 0 amide bonds. The van der Waals surface area contributed by atoms with Crippen LogP contribution >= 0.6 is 0 Å². The number of aromatic nitrogens is 1. The third kappa shape index (κ3) is 11.6. The summed E-state index contributed by atoms with van der Waals surface area (Å²) in [5, 5.41) is 7.39. The van der Waals surface area contributed by atoms with Gasteiger partial charge in [0, 0.05) is 43.0 Å². The molecule has 1 aromatic heterocycles. The van der Waals surface area contributed by atoms with Gasteiger partial charge >= 0.3 is 0 Å². The molecule has 0 aromatic carbocycles. The van der Waals surface area contributed by atoms with Gasteiger partial charge in [-0.05, 0) is 82.8 Å². The first kappa shape index (κ1) is 33.3. The summed E-state index contributed by atoms with van der Waals surface area (Å²) in [6, 6.07) is 5.02. The Morgan fingerprint density at radius 1 is 0.850 bits per heavy atom. The largest absolute Gasteiger partial charge is 0.379 e. The summed E-state index contributed by atoms with van der Waals surface area (Å²) in [7, 11) is 0. The van der Waals surface area contributed by atoms with Gasteiger partial charge in [0.1, 0.15) is 5.82 Å². The van der Waals surface area contributed by atoms with Gasteiger partial charge in [-0.1, -0.05) is 40.7 Å². The predicted molar refractivity (Wildman–Crippen MR) is 166 cm³/mol. The Bertz CT molecular complexity index is 876. The van der Waals surface area contributed by atoms with Crippen LogP contribution in [0.2, 0.25) is 0 Å². The minimum atomic E-state index is 0.0546. The molecule has 0 bridgehead atoms. The monoisotopic (exact) mass is 560 g/mol. The molecular formula is C33H60N4O3. The molecule has 0 spiro atoms. The lowest BCUT2D eigenvalue weighted by molar-refractivity contribution is -0.110. The third-order valence-corrected chi connectivity index (χ3v) is 7.97. The van der Waals surface area contributed by atoms with Crippen LogP contribution in [-0.4, -0.2) is 80.4 Å². The van der Waals surface area contributed by atoms with Crippen molar-refractivity contribution in [1.29, 1.82) is 0 Å². The molecule has 1 aliphatic carbocycles. The van der Waals surface area contributed by atoms with Crippen LogP contribution in [0.15, 0.2) is 18.3 Å². The second-order valence-corrected chi connectivity index (χ2v) is 15.7. The van der Waals surface area contributed by atoms with Crippen molar-refractivity contribution in [1.82, 2.24) is 15.6 Å². The fourth-order valence-corrected chi connectivity index (χ4v) is 5.26. The van der Waals surface area contributed by atoms with Crippen LogP contribution in [0, 0.1) is 5.41 Å². The molecule has 0 unspecified atom stereocenters. The van der Waals surface area contributed by atoms with Crippen molar-refractivity contribution in [2.24, 2.45) is 5.41 Å². The Hall–Kier alpha value is -1.25. The van der Waals surface area contributed by atoms with Crippen LogP contribution in [0.4, 0.5) is 5.82 Å². The molecular weight excluding hydrogens is 500 g/mol. The lowest BCUT2D eigenvalue weighted by atomic mass is 9.78. The molecule has 1 aromatic rings. The summed E-state index contributed by atoms with van der Waals surface area (Å²) in [4.78, 5) is 7.18. The molecule has 2 N–H and O–H groups in total. The quantitative estimate of drug-likeness (QED) is 0.251. The number of anilines is 1. The fourth-order valence-electron chi connectivity index (χ4n) is 5.26. The zero-order chi connectivity index (χ0) is 29.6. The molecule has 40 heavy (non-hydrogen) atoms. The zero-order valence-electron chi connectivity index (χ0n) is 27.4. The van der Waals surface area contributed by atoms with E-state index in [2.05, 4.69) is 103 Å². The van der Waals surface area contributed by atoms with Gasteiger partial charge in [-0.2, -0.15) is 0 Å². The smallest absolute Gasteiger partial charge is 0.128 e. The van der Waals surface area contributed by atoms with Gasteiger partial charge in [-0.25, -0.2) is 4.98 Å². The van der Waals surface area contributed by atoms with Crippen LogP contribution in [0.25, 0.3) is 0 Å². The van der Waals surface area contributed by atoms with E-state index in [9.17, 15) is 0 Å². The van der Waals surface area contributed by atoms with Crippen LogP contribution in [0.1, 0.15) is 100 Å². The second-order valence-electron chi connectivity index (χ2n) is 15.7. The van der Waals surface area contributed by atoms with Gasteiger partial charge in [-0.15, -0.1) is 0 Å². The molecule has 1 saturated heterocycles. The van der Waals surface area contributed by atoms with Crippen molar-refractivity contribution in [2.75, 3.05) is 51.0 Å². The number of hydrogen-bond acceptors (Lipinski definition) is 7. The highest BCUT2D eigenvalue weighted by atomic mass is 16.5. The Morgan fingerprint density at radius 2 is 1.50 bits per heavy atom. The van der Waals surface area contributed by atoms with Gasteiger partial charge in [0.25, 0.3) is 0 Å². The maximum absolute atomic E-state index is 6.08. The third-order valence-electron chi connectivity index (χ3n) is 7.97.